The highest BCUT2D eigenvalue weighted by Crippen LogP contribution is 2.30. The van der Waals surface area contributed by atoms with Crippen molar-refractivity contribution in [2.45, 2.75) is 19.4 Å². The molecule has 1 aromatic carbocycles. The van der Waals surface area contributed by atoms with Crippen molar-refractivity contribution >= 4 is 12.2 Å². The molecular formula is C15H21NO5. The number of rotatable bonds is 9. The highest BCUT2D eigenvalue weighted by atomic mass is 16.5. The van der Waals surface area contributed by atoms with E-state index in [1.165, 1.54) is 7.11 Å². The van der Waals surface area contributed by atoms with Crippen molar-refractivity contribution in [3.05, 3.63) is 23.8 Å². The minimum Gasteiger partial charge on any atom is -0.493 e. The molecule has 21 heavy (non-hydrogen) atoms. The molecule has 1 rings (SSSR count). The standard InChI is InChI=1S/C15H21NO5/c1-11(15(18)16-8-5-9-19-2)21-14-12(10-17)6-4-7-13(14)20-3/h4,6-7,10-11H,5,8-9H2,1-3H3,(H,16,18). The number of aldehydes is 1. The highest BCUT2D eigenvalue weighted by molar-refractivity contribution is 5.83. The molecule has 0 aliphatic rings. The molecule has 0 aliphatic heterocycles. The third-order valence-electron chi connectivity index (χ3n) is 2.84. The molecule has 116 valence electrons. The summed E-state index contributed by atoms with van der Waals surface area (Å²) in [5.41, 5.74) is 0.341. The quantitative estimate of drug-likeness (QED) is 0.551. The maximum absolute atomic E-state index is 11.9. The van der Waals surface area contributed by atoms with Crippen molar-refractivity contribution in [2.75, 3.05) is 27.4 Å². The number of ether oxygens (including phenoxy) is 3. The zero-order valence-electron chi connectivity index (χ0n) is 12.5. The molecule has 6 nitrogen and oxygen atoms in total. The summed E-state index contributed by atoms with van der Waals surface area (Å²) in [5, 5.41) is 2.74. The summed E-state index contributed by atoms with van der Waals surface area (Å²) in [6.45, 7) is 2.71. The van der Waals surface area contributed by atoms with Gasteiger partial charge in [-0.05, 0) is 25.5 Å². The Labute approximate surface area is 124 Å². The second-order valence-electron chi connectivity index (χ2n) is 4.39. The Kier molecular flexibility index (Phi) is 7.25. The van der Waals surface area contributed by atoms with E-state index in [-0.39, 0.29) is 11.7 Å². The van der Waals surface area contributed by atoms with E-state index in [0.717, 1.165) is 6.42 Å². The highest BCUT2D eigenvalue weighted by Gasteiger charge is 2.18. The first kappa shape index (κ1) is 17.0. The lowest BCUT2D eigenvalue weighted by Crippen LogP contribution is -2.37. The van der Waals surface area contributed by atoms with Crippen molar-refractivity contribution < 1.29 is 23.8 Å². The van der Waals surface area contributed by atoms with Gasteiger partial charge in [-0.25, -0.2) is 0 Å². The zero-order valence-corrected chi connectivity index (χ0v) is 12.5. The van der Waals surface area contributed by atoms with E-state index >= 15 is 0 Å². The molecule has 0 fully saturated rings. The van der Waals surface area contributed by atoms with Gasteiger partial charge >= 0.3 is 0 Å². The summed E-state index contributed by atoms with van der Waals surface area (Å²) in [6.07, 6.45) is 0.659. The van der Waals surface area contributed by atoms with Crippen LogP contribution in [0.1, 0.15) is 23.7 Å². The Bertz CT molecular complexity index is 475. The molecule has 1 atom stereocenters. The maximum atomic E-state index is 11.9. The van der Waals surface area contributed by atoms with Crippen LogP contribution >= 0.6 is 0 Å². The fourth-order valence-electron chi connectivity index (χ4n) is 1.71. The lowest BCUT2D eigenvalue weighted by Gasteiger charge is -2.17. The van der Waals surface area contributed by atoms with Gasteiger partial charge in [0, 0.05) is 20.3 Å². The van der Waals surface area contributed by atoms with E-state index in [9.17, 15) is 9.59 Å². The first-order valence-corrected chi connectivity index (χ1v) is 6.69. The fraction of sp³-hybridized carbons (Fsp3) is 0.467. The van der Waals surface area contributed by atoms with Crippen LogP contribution in [0.4, 0.5) is 0 Å². The summed E-state index contributed by atoms with van der Waals surface area (Å²) in [6, 6.07) is 4.96. The van der Waals surface area contributed by atoms with Crippen LogP contribution in [0, 0.1) is 0 Å². The van der Waals surface area contributed by atoms with Crippen LogP contribution in [0.2, 0.25) is 0 Å². The van der Waals surface area contributed by atoms with Crippen molar-refractivity contribution in [2.24, 2.45) is 0 Å². The van der Waals surface area contributed by atoms with Crippen LogP contribution in [-0.2, 0) is 9.53 Å². The average molecular weight is 295 g/mol. The Morgan fingerprint density at radius 3 is 2.76 bits per heavy atom. The molecule has 0 heterocycles. The van der Waals surface area contributed by atoms with Crippen LogP contribution < -0.4 is 14.8 Å². The third kappa shape index (κ3) is 5.07. The minimum atomic E-state index is -0.734. The van der Waals surface area contributed by atoms with E-state index in [1.54, 1.807) is 32.2 Å². The van der Waals surface area contributed by atoms with Gasteiger partial charge in [-0.15, -0.1) is 0 Å². The maximum Gasteiger partial charge on any atom is 0.260 e. The number of hydrogen-bond donors (Lipinski definition) is 1. The van der Waals surface area contributed by atoms with Gasteiger partial charge in [-0.2, -0.15) is 0 Å². The summed E-state index contributed by atoms with van der Waals surface area (Å²) in [5.74, 6) is 0.432. The van der Waals surface area contributed by atoms with Gasteiger partial charge in [-0.3, -0.25) is 9.59 Å². The molecule has 0 aromatic heterocycles. The van der Waals surface area contributed by atoms with E-state index in [1.807, 2.05) is 0 Å². The Balaban J connectivity index is 2.67. The number of carbonyl (C=O) groups is 2. The zero-order chi connectivity index (χ0) is 15.7. The molecule has 0 bridgehead atoms. The molecular weight excluding hydrogens is 274 g/mol. The van der Waals surface area contributed by atoms with Gasteiger partial charge in [-0.1, -0.05) is 6.07 Å². The number of para-hydroxylation sites is 1. The number of hydrogen-bond acceptors (Lipinski definition) is 5. The second-order valence-corrected chi connectivity index (χ2v) is 4.39. The Hall–Kier alpha value is -2.08. The van der Waals surface area contributed by atoms with Crippen molar-refractivity contribution in [1.82, 2.24) is 5.32 Å². The van der Waals surface area contributed by atoms with Gasteiger partial charge in [0.25, 0.3) is 5.91 Å². The third-order valence-corrected chi connectivity index (χ3v) is 2.84. The van der Waals surface area contributed by atoms with E-state index in [4.69, 9.17) is 14.2 Å². The molecule has 1 unspecified atom stereocenters. The first-order chi connectivity index (χ1) is 10.1. The van der Waals surface area contributed by atoms with Crippen molar-refractivity contribution in [3.63, 3.8) is 0 Å². The molecule has 6 heteroatoms. The Morgan fingerprint density at radius 2 is 2.14 bits per heavy atom. The molecule has 0 saturated heterocycles. The summed E-state index contributed by atoms with van der Waals surface area (Å²) in [7, 11) is 3.09. The normalized spacial score (nSPS) is 11.6. The lowest BCUT2D eigenvalue weighted by atomic mass is 10.2. The molecule has 0 aliphatic carbocycles. The lowest BCUT2D eigenvalue weighted by molar-refractivity contribution is -0.127. The summed E-state index contributed by atoms with van der Waals surface area (Å²) >= 11 is 0. The number of carbonyl (C=O) groups excluding carboxylic acids is 2. The van der Waals surface area contributed by atoms with Crippen LogP contribution in [-0.4, -0.2) is 45.7 Å². The number of benzene rings is 1. The molecule has 0 radical (unpaired) electrons. The summed E-state index contributed by atoms with van der Waals surface area (Å²) in [4.78, 5) is 22.9. The predicted octanol–water partition coefficient (Wildman–Crippen LogP) is 1.43. The predicted molar refractivity (Wildman–Crippen MR) is 78.0 cm³/mol. The SMILES string of the molecule is COCCCNC(=O)C(C)Oc1c(C=O)cccc1OC. The van der Waals surface area contributed by atoms with Gasteiger partial charge in [0.05, 0.1) is 12.7 Å². The molecule has 0 spiro atoms. The molecule has 0 saturated carbocycles. The van der Waals surface area contributed by atoms with Crippen LogP contribution in [0.5, 0.6) is 11.5 Å². The second kappa shape index (κ2) is 8.97. The van der Waals surface area contributed by atoms with Crippen LogP contribution in [0.3, 0.4) is 0 Å². The van der Waals surface area contributed by atoms with Gasteiger partial charge in [0.2, 0.25) is 0 Å². The van der Waals surface area contributed by atoms with Crippen molar-refractivity contribution in [3.8, 4) is 11.5 Å². The molecule has 1 N–H and O–H groups in total. The monoisotopic (exact) mass is 295 g/mol. The largest absolute Gasteiger partial charge is 0.493 e. The van der Waals surface area contributed by atoms with Gasteiger partial charge in [0.15, 0.2) is 23.9 Å². The smallest absolute Gasteiger partial charge is 0.260 e. The summed E-state index contributed by atoms with van der Waals surface area (Å²) < 4.78 is 15.6. The number of nitrogens with one attached hydrogen (secondary N) is 1. The first-order valence-electron chi connectivity index (χ1n) is 6.69. The van der Waals surface area contributed by atoms with Gasteiger partial charge in [0.1, 0.15) is 0 Å². The van der Waals surface area contributed by atoms with Crippen LogP contribution in [0.15, 0.2) is 18.2 Å². The topological polar surface area (TPSA) is 73.9 Å². The van der Waals surface area contributed by atoms with Crippen molar-refractivity contribution in [1.29, 1.82) is 0 Å². The fourth-order valence-corrected chi connectivity index (χ4v) is 1.71. The number of amides is 1. The van der Waals surface area contributed by atoms with E-state index in [0.29, 0.717) is 30.8 Å². The minimum absolute atomic E-state index is 0.256. The molecule has 1 aromatic rings. The van der Waals surface area contributed by atoms with E-state index in [2.05, 4.69) is 5.32 Å². The number of methoxy groups -OCH3 is 2. The average Bonchev–Trinajstić information content (AvgIpc) is 2.51. The van der Waals surface area contributed by atoms with Gasteiger partial charge < -0.3 is 19.5 Å². The van der Waals surface area contributed by atoms with E-state index < -0.39 is 6.10 Å². The molecule has 1 amide bonds. The Morgan fingerprint density at radius 1 is 1.38 bits per heavy atom. The van der Waals surface area contributed by atoms with Crippen LogP contribution in [0.25, 0.3) is 0 Å².